The van der Waals surface area contributed by atoms with Crippen molar-refractivity contribution >= 4 is 27.3 Å². The number of halogens is 3. The van der Waals surface area contributed by atoms with Crippen LogP contribution >= 0.6 is 27.3 Å². The summed E-state index contributed by atoms with van der Waals surface area (Å²) >= 11 is 5.23. The van der Waals surface area contributed by atoms with Crippen molar-refractivity contribution in [3.8, 4) is 5.75 Å². The summed E-state index contributed by atoms with van der Waals surface area (Å²) in [4.78, 5) is 2.47. The predicted octanol–water partition coefficient (Wildman–Crippen LogP) is 5.27. The van der Waals surface area contributed by atoms with Gasteiger partial charge in [0.2, 0.25) is 0 Å². The molecule has 0 amide bonds. The molecule has 0 radical (unpaired) electrons. The number of ether oxygens (including phenoxy) is 1. The fraction of sp³-hybridized carbons (Fsp3) is 0.333. The second-order valence-electron chi connectivity index (χ2n) is 4.67. The first kappa shape index (κ1) is 16.4. The molecule has 1 atom stereocenters. The van der Waals surface area contributed by atoms with E-state index in [1.807, 2.05) is 13.0 Å². The number of nitrogens with one attached hydrogen (secondary N) is 1. The minimum absolute atomic E-state index is 0.0485. The molecule has 0 fully saturated rings. The molecule has 0 aliphatic carbocycles. The van der Waals surface area contributed by atoms with Crippen molar-refractivity contribution in [1.82, 2.24) is 5.32 Å². The topological polar surface area (TPSA) is 21.3 Å². The van der Waals surface area contributed by atoms with Gasteiger partial charge >= 0.3 is 6.61 Å². The van der Waals surface area contributed by atoms with Crippen LogP contribution < -0.4 is 10.1 Å². The molecule has 0 saturated heterocycles. The van der Waals surface area contributed by atoms with Gasteiger partial charge in [-0.3, -0.25) is 0 Å². The Kier molecular flexibility index (Phi) is 5.72. The third kappa shape index (κ3) is 4.76. The first-order chi connectivity index (χ1) is 9.95. The molecule has 1 unspecified atom stereocenters. The Hall–Kier alpha value is -0.980. The van der Waals surface area contributed by atoms with Gasteiger partial charge < -0.3 is 10.1 Å². The summed E-state index contributed by atoms with van der Waals surface area (Å²) in [6, 6.07) is 8.92. The van der Waals surface area contributed by atoms with E-state index in [1.165, 1.54) is 15.8 Å². The van der Waals surface area contributed by atoms with Gasteiger partial charge in [0.1, 0.15) is 5.75 Å². The summed E-state index contributed by atoms with van der Waals surface area (Å²) in [5.41, 5.74) is 0.917. The van der Waals surface area contributed by atoms with Gasteiger partial charge in [-0.05, 0) is 53.5 Å². The SMILES string of the molecule is Cc1sc(CNC(C)c2cccc(OC(F)F)c2)cc1Br. The van der Waals surface area contributed by atoms with Crippen LogP contribution in [0.15, 0.2) is 34.8 Å². The quantitative estimate of drug-likeness (QED) is 0.742. The Morgan fingerprint density at radius 2 is 2.10 bits per heavy atom. The zero-order valence-corrected chi connectivity index (χ0v) is 14.1. The average Bonchev–Trinajstić information content (AvgIpc) is 2.75. The summed E-state index contributed by atoms with van der Waals surface area (Å²) in [5, 5.41) is 3.38. The lowest BCUT2D eigenvalue weighted by Crippen LogP contribution is -2.17. The highest BCUT2D eigenvalue weighted by atomic mass is 79.9. The molecule has 0 aliphatic rings. The van der Waals surface area contributed by atoms with Crippen molar-refractivity contribution in [3.63, 3.8) is 0 Å². The van der Waals surface area contributed by atoms with Crippen LogP contribution in [0.3, 0.4) is 0 Å². The fourth-order valence-corrected chi connectivity index (χ4v) is 3.49. The average molecular weight is 376 g/mol. The third-order valence-corrected chi connectivity index (χ3v) is 5.21. The molecule has 2 rings (SSSR count). The van der Waals surface area contributed by atoms with Crippen molar-refractivity contribution in [2.45, 2.75) is 33.0 Å². The van der Waals surface area contributed by atoms with E-state index in [4.69, 9.17) is 0 Å². The van der Waals surface area contributed by atoms with Gasteiger partial charge in [0.15, 0.2) is 0 Å². The molecule has 0 spiro atoms. The Bertz CT molecular complexity index is 584. The van der Waals surface area contributed by atoms with Crippen molar-refractivity contribution in [2.24, 2.45) is 0 Å². The minimum Gasteiger partial charge on any atom is -0.435 e. The van der Waals surface area contributed by atoms with Crippen molar-refractivity contribution < 1.29 is 13.5 Å². The Labute approximate surface area is 135 Å². The van der Waals surface area contributed by atoms with E-state index in [0.717, 1.165) is 16.6 Å². The summed E-state index contributed by atoms with van der Waals surface area (Å²) in [6.07, 6.45) is 0. The molecule has 1 aromatic carbocycles. The molecule has 0 aliphatic heterocycles. The van der Waals surface area contributed by atoms with E-state index in [1.54, 1.807) is 23.5 Å². The molecule has 21 heavy (non-hydrogen) atoms. The molecular weight excluding hydrogens is 360 g/mol. The maximum absolute atomic E-state index is 12.2. The lowest BCUT2D eigenvalue weighted by atomic mass is 10.1. The standard InChI is InChI=1S/C15H16BrF2NOS/c1-9(19-8-13-7-14(16)10(2)21-13)11-4-3-5-12(6-11)20-15(17)18/h3-7,9,15,19H,8H2,1-2H3. The molecule has 1 heterocycles. The highest BCUT2D eigenvalue weighted by Crippen LogP contribution is 2.27. The second kappa shape index (κ2) is 7.33. The number of aryl methyl sites for hydroxylation is 1. The maximum atomic E-state index is 12.2. The minimum atomic E-state index is -2.80. The van der Waals surface area contributed by atoms with Crippen LogP contribution in [0.1, 0.15) is 28.3 Å². The highest BCUT2D eigenvalue weighted by molar-refractivity contribution is 9.10. The largest absolute Gasteiger partial charge is 0.435 e. The molecule has 1 N–H and O–H groups in total. The van der Waals surface area contributed by atoms with Crippen molar-refractivity contribution in [2.75, 3.05) is 0 Å². The third-order valence-electron chi connectivity index (χ3n) is 3.07. The number of benzene rings is 1. The zero-order valence-electron chi connectivity index (χ0n) is 11.7. The Balaban J connectivity index is 1.98. The molecule has 2 aromatic rings. The molecule has 114 valence electrons. The normalized spacial score (nSPS) is 12.7. The zero-order chi connectivity index (χ0) is 15.4. The van der Waals surface area contributed by atoms with Gasteiger partial charge in [0.05, 0.1) is 0 Å². The summed E-state index contributed by atoms with van der Waals surface area (Å²) in [7, 11) is 0. The number of rotatable bonds is 6. The van der Waals surface area contributed by atoms with Crippen LogP contribution in [0.2, 0.25) is 0 Å². The molecule has 2 nitrogen and oxygen atoms in total. The maximum Gasteiger partial charge on any atom is 0.387 e. The van der Waals surface area contributed by atoms with Gasteiger partial charge in [0.25, 0.3) is 0 Å². The summed E-state index contributed by atoms with van der Waals surface area (Å²) < 4.78 is 30.0. The van der Waals surface area contributed by atoms with E-state index < -0.39 is 6.61 Å². The van der Waals surface area contributed by atoms with Crippen molar-refractivity contribution in [1.29, 1.82) is 0 Å². The van der Waals surface area contributed by atoms with Crippen LogP contribution in [0.5, 0.6) is 5.75 Å². The molecular formula is C15H16BrF2NOS. The summed E-state index contributed by atoms with van der Waals surface area (Å²) in [6.45, 7) is 2.00. The van der Waals surface area contributed by atoms with Crippen molar-refractivity contribution in [3.05, 3.63) is 50.1 Å². The molecule has 1 aromatic heterocycles. The molecule has 6 heteroatoms. The molecule has 0 bridgehead atoms. The Morgan fingerprint density at radius 1 is 1.33 bits per heavy atom. The predicted molar refractivity (Wildman–Crippen MR) is 85.1 cm³/mol. The first-order valence-corrected chi connectivity index (χ1v) is 8.09. The fourth-order valence-electron chi connectivity index (χ4n) is 1.94. The van der Waals surface area contributed by atoms with E-state index in [-0.39, 0.29) is 11.8 Å². The Morgan fingerprint density at radius 3 is 2.71 bits per heavy atom. The van der Waals surface area contributed by atoms with Crippen LogP contribution in [-0.4, -0.2) is 6.61 Å². The van der Waals surface area contributed by atoms with Gasteiger partial charge in [0, 0.05) is 26.8 Å². The van der Waals surface area contributed by atoms with E-state index in [0.29, 0.717) is 0 Å². The van der Waals surface area contributed by atoms with Crippen LogP contribution in [0, 0.1) is 6.92 Å². The summed E-state index contributed by atoms with van der Waals surface area (Å²) in [5.74, 6) is 0.186. The molecule has 0 saturated carbocycles. The van der Waals surface area contributed by atoms with E-state index in [9.17, 15) is 8.78 Å². The monoisotopic (exact) mass is 375 g/mol. The smallest absolute Gasteiger partial charge is 0.387 e. The first-order valence-electron chi connectivity index (χ1n) is 6.48. The highest BCUT2D eigenvalue weighted by Gasteiger charge is 2.10. The van der Waals surface area contributed by atoms with Crippen LogP contribution in [0.25, 0.3) is 0 Å². The van der Waals surface area contributed by atoms with Gasteiger partial charge in [-0.1, -0.05) is 12.1 Å². The van der Waals surface area contributed by atoms with Gasteiger partial charge in [-0.15, -0.1) is 11.3 Å². The van der Waals surface area contributed by atoms with E-state index >= 15 is 0 Å². The lowest BCUT2D eigenvalue weighted by molar-refractivity contribution is -0.0499. The van der Waals surface area contributed by atoms with Gasteiger partial charge in [-0.25, -0.2) is 0 Å². The number of thiophene rings is 1. The van der Waals surface area contributed by atoms with E-state index in [2.05, 4.69) is 39.0 Å². The number of hydrogen-bond donors (Lipinski definition) is 1. The van der Waals surface area contributed by atoms with Crippen LogP contribution in [-0.2, 0) is 6.54 Å². The second-order valence-corrected chi connectivity index (χ2v) is 6.87. The van der Waals surface area contributed by atoms with Crippen LogP contribution in [0.4, 0.5) is 8.78 Å². The van der Waals surface area contributed by atoms with Gasteiger partial charge in [-0.2, -0.15) is 8.78 Å². The number of alkyl halides is 2. The number of hydrogen-bond acceptors (Lipinski definition) is 3. The lowest BCUT2D eigenvalue weighted by Gasteiger charge is -2.15.